The highest BCUT2D eigenvalue weighted by Crippen LogP contribution is 2.19. The third-order valence-electron chi connectivity index (χ3n) is 2.38. The third-order valence-corrected chi connectivity index (χ3v) is 2.94. The Morgan fingerprint density at radius 1 is 1.41 bits per heavy atom. The van der Waals surface area contributed by atoms with E-state index in [1.165, 1.54) is 0 Å². The molecule has 1 aromatic rings. The van der Waals surface area contributed by atoms with Gasteiger partial charge in [-0.2, -0.15) is 0 Å². The summed E-state index contributed by atoms with van der Waals surface area (Å²) in [5, 5.41) is 9.82. The van der Waals surface area contributed by atoms with Crippen LogP contribution in [0.1, 0.15) is 18.0 Å². The summed E-state index contributed by atoms with van der Waals surface area (Å²) >= 11 is 3.25. The number of benzene rings is 1. The van der Waals surface area contributed by atoms with Crippen molar-refractivity contribution in [2.24, 2.45) is 0 Å². The topological polar surface area (TPSA) is 57.6 Å². The number of halogens is 1. The van der Waals surface area contributed by atoms with Crippen molar-refractivity contribution in [2.75, 3.05) is 11.9 Å². The zero-order chi connectivity index (χ0) is 12.7. The summed E-state index contributed by atoms with van der Waals surface area (Å²) in [6.45, 7) is 0.332. The molecule has 5 heteroatoms. The van der Waals surface area contributed by atoms with Crippen LogP contribution in [0.2, 0.25) is 0 Å². The minimum atomic E-state index is -1.08. The van der Waals surface area contributed by atoms with E-state index < -0.39 is 12.1 Å². The molecule has 1 rings (SSSR count). The number of hydrogen-bond acceptors (Lipinski definition) is 2. The van der Waals surface area contributed by atoms with E-state index >= 15 is 0 Å². The van der Waals surface area contributed by atoms with Crippen molar-refractivity contribution >= 4 is 28.3 Å². The molecule has 1 amide bonds. The highest BCUT2D eigenvalue weighted by molar-refractivity contribution is 9.09. The van der Waals surface area contributed by atoms with E-state index in [9.17, 15) is 9.59 Å². The van der Waals surface area contributed by atoms with Crippen molar-refractivity contribution in [3.63, 3.8) is 0 Å². The minimum Gasteiger partial charge on any atom is -0.465 e. The fraction of sp³-hybridized carbons (Fsp3) is 0.333. The van der Waals surface area contributed by atoms with Crippen molar-refractivity contribution in [2.45, 2.75) is 12.5 Å². The number of carbonyl (C=O) groups excluding carboxylic acids is 1. The summed E-state index contributed by atoms with van der Waals surface area (Å²) in [7, 11) is 0. The van der Waals surface area contributed by atoms with E-state index in [2.05, 4.69) is 15.9 Å². The lowest BCUT2D eigenvalue weighted by Crippen LogP contribution is -2.35. The van der Waals surface area contributed by atoms with Crippen LogP contribution in [-0.2, 0) is 4.79 Å². The zero-order valence-corrected chi connectivity index (χ0v) is 10.8. The number of aldehydes is 1. The van der Waals surface area contributed by atoms with Crippen LogP contribution in [0, 0.1) is 0 Å². The summed E-state index contributed by atoms with van der Waals surface area (Å²) < 4.78 is 0. The van der Waals surface area contributed by atoms with Gasteiger partial charge in [-0.3, -0.25) is 4.90 Å². The van der Waals surface area contributed by atoms with Gasteiger partial charge in [0, 0.05) is 11.9 Å². The summed E-state index contributed by atoms with van der Waals surface area (Å²) in [5.41, 5.74) is 0.694. The highest BCUT2D eigenvalue weighted by Gasteiger charge is 2.23. The van der Waals surface area contributed by atoms with E-state index in [1.54, 1.807) is 24.3 Å². The quantitative estimate of drug-likeness (QED) is 0.649. The maximum atomic E-state index is 11.1. The number of alkyl halides is 1. The third kappa shape index (κ3) is 3.85. The van der Waals surface area contributed by atoms with Crippen LogP contribution < -0.4 is 0 Å². The first-order valence-electron chi connectivity index (χ1n) is 5.26. The molecule has 0 heterocycles. The van der Waals surface area contributed by atoms with Crippen LogP contribution in [0.3, 0.4) is 0 Å². The Morgan fingerprint density at radius 3 is 2.53 bits per heavy atom. The van der Waals surface area contributed by atoms with E-state index in [1.807, 2.05) is 6.07 Å². The maximum absolute atomic E-state index is 11.1. The summed E-state index contributed by atoms with van der Waals surface area (Å²) in [4.78, 5) is 23.4. The molecular weight excluding hydrogens is 286 g/mol. The van der Waals surface area contributed by atoms with Crippen LogP contribution in [0.25, 0.3) is 0 Å². The van der Waals surface area contributed by atoms with E-state index in [0.29, 0.717) is 30.1 Å². The number of hydrogen-bond donors (Lipinski definition) is 1. The molecule has 0 aliphatic rings. The molecule has 0 spiro atoms. The van der Waals surface area contributed by atoms with Crippen molar-refractivity contribution in [1.29, 1.82) is 0 Å². The summed E-state index contributed by atoms with van der Waals surface area (Å²) in [6.07, 6.45) is 0.258. The second-order valence-corrected chi connectivity index (χ2v) is 4.30. The number of amides is 1. The molecule has 92 valence electrons. The zero-order valence-electron chi connectivity index (χ0n) is 9.25. The van der Waals surface area contributed by atoms with Gasteiger partial charge in [0.2, 0.25) is 0 Å². The van der Waals surface area contributed by atoms with Gasteiger partial charge in [-0.1, -0.05) is 46.3 Å². The highest BCUT2D eigenvalue weighted by atomic mass is 79.9. The van der Waals surface area contributed by atoms with E-state index in [-0.39, 0.29) is 0 Å². The Morgan fingerprint density at radius 2 is 2.06 bits per heavy atom. The monoisotopic (exact) mass is 299 g/mol. The van der Waals surface area contributed by atoms with Crippen molar-refractivity contribution < 1.29 is 14.7 Å². The Balaban J connectivity index is 2.89. The molecule has 0 aromatic heterocycles. The van der Waals surface area contributed by atoms with Crippen LogP contribution in [0.4, 0.5) is 4.79 Å². The predicted molar refractivity (Wildman–Crippen MR) is 68.4 cm³/mol. The maximum Gasteiger partial charge on any atom is 0.408 e. The minimum absolute atomic E-state index is 0.332. The molecule has 0 fully saturated rings. The average molecular weight is 300 g/mol. The Hall–Kier alpha value is -1.36. The molecule has 0 saturated carbocycles. The van der Waals surface area contributed by atoms with Gasteiger partial charge in [-0.25, -0.2) is 4.79 Å². The lowest BCUT2D eigenvalue weighted by Gasteiger charge is -2.25. The molecule has 0 aliphatic heterocycles. The molecular formula is C12H14BrNO3. The molecule has 0 unspecified atom stereocenters. The predicted octanol–water partition coefficient (Wildman–Crippen LogP) is 2.69. The van der Waals surface area contributed by atoms with Crippen molar-refractivity contribution in [1.82, 2.24) is 4.90 Å². The van der Waals surface area contributed by atoms with Gasteiger partial charge in [-0.15, -0.1) is 0 Å². The second-order valence-electron chi connectivity index (χ2n) is 3.51. The lowest BCUT2D eigenvalue weighted by atomic mass is 10.1. The Kier molecular flexibility index (Phi) is 5.69. The molecule has 1 N–H and O–H groups in total. The first-order chi connectivity index (χ1) is 8.20. The molecule has 17 heavy (non-hydrogen) atoms. The number of carbonyl (C=O) groups is 2. The first kappa shape index (κ1) is 13.7. The fourth-order valence-electron chi connectivity index (χ4n) is 1.57. The summed E-state index contributed by atoms with van der Waals surface area (Å²) in [6, 6.07) is 8.18. The SMILES string of the molecule is O=C[C@H](c1ccccc1)N(CCCBr)C(=O)O. The smallest absolute Gasteiger partial charge is 0.408 e. The largest absolute Gasteiger partial charge is 0.465 e. The van der Waals surface area contributed by atoms with Gasteiger partial charge in [0.05, 0.1) is 0 Å². The van der Waals surface area contributed by atoms with Crippen molar-refractivity contribution in [3.05, 3.63) is 35.9 Å². The summed E-state index contributed by atoms with van der Waals surface area (Å²) in [5.74, 6) is 0. The standard InChI is InChI=1S/C12H14BrNO3/c13-7-4-8-14(12(16)17)11(9-15)10-5-2-1-3-6-10/h1-3,5-6,9,11H,4,7-8H2,(H,16,17)/t11-/m1/s1. The molecule has 1 atom stereocenters. The van der Waals surface area contributed by atoms with Crippen molar-refractivity contribution in [3.8, 4) is 0 Å². The lowest BCUT2D eigenvalue weighted by molar-refractivity contribution is -0.112. The van der Waals surface area contributed by atoms with Gasteiger partial charge < -0.3 is 9.90 Å². The van der Waals surface area contributed by atoms with Crippen LogP contribution in [-0.4, -0.2) is 34.3 Å². The number of rotatable bonds is 6. The fourth-order valence-corrected chi connectivity index (χ4v) is 1.82. The Labute approximate surface area is 108 Å². The molecule has 4 nitrogen and oxygen atoms in total. The Bertz CT molecular complexity index is 369. The second kappa shape index (κ2) is 7.06. The van der Waals surface area contributed by atoms with Crippen LogP contribution in [0.15, 0.2) is 30.3 Å². The van der Waals surface area contributed by atoms with E-state index in [0.717, 1.165) is 4.90 Å². The van der Waals surface area contributed by atoms with E-state index in [4.69, 9.17) is 5.11 Å². The average Bonchev–Trinajstić information content (AvgIpc) is 2.35. The number of carboxylic acid groups (broad SMARTS) is 1. The van der Waals surface area contributed by atoms with Gasteiger partial charge in [0.15, 0.2) is 0 Å². The molecule has 0 saturated heterocycles. The molecule has 0 aliphatic carbocycles. The first-order valence-corrected chi connectivity index (χ1v) is 6.38. The van der Waals surface area contributed by atoms with Crippen LogP contribution >= 0.6 is 15.9 Å². The van der Waals surface area contributed by atoms with Gasteiger partial charge >= 0.3 is 6.09 Å². The van der Waals surface area contributed by atoms with Gasteiger partial charge in [-0.05, 0) is 12.0 Å². The molecule has 0 radical (unpaired) electrons. The molecule has 1 aromatic carbocycles. The number of nitrogens with zero attached hydrogens (tertiary/aromatic N) is 1. The molecule has 0 bridgehead atoms. The van der Waals surface area contributed by atoms with Crippen LogP contribution in [0.5, 0.6) is 0 Å². The van der Waals surface area contributed by atoms with Gasteiger partial charge in [0.25, 0.3) is 0 Å². The van der Waals surface area contributed by atoms with Gasteiger partial charge in [0.1, 0.15) is 12.3 Å². The normalized spacial score (nSPS) is 11.8.